The fraction of sp³-hybridized carbons (Fsp3) is 0.550. The molecule has 0 aromatic rings. The molecule has 0 unspecified atom stereocenters. The molecule has 22 heavy (non-hydrogen) atoms. The van der Waals surface area contributed by atoms with Crippen LogP contribution in [0.15, 0.2) is 48.6 Å². The molecule has 0 amide bonds. The van der Waals surface area contributed by atoms with Crippen molar-refractivity contribution < 1.29 is 9.90 Å². The maximum atomic E-state index is 10.3. The van der Waals surface area contributed by atoms with Crippen molar-refractivity contribution in [1.82, 2.24) is 0 Å². The fourth-order valence-electron chi connectivity index (χ4n) is 1.97. The lowest BCUT2D eigenvalue weighted by Crippen LogP contribution is -1.92. The van der Waals surface area contributed by atoms with Crippen molar-refractivity contribution >= 4 is 5.97 Å². The molecule has 0 aliphatic rings. The zero-order valence-corrected chi connectivity index (χ0v) is 14.0. The molecule has 0 heterocycles. The molecule has 0 aliphatic heterocycles. The molecule has 0 spiro atoms. The van der Waals surface area contributed by atoms with Gasteiger partial charge in [-0.3, -0.25) is 4.79 Å². The summed E-state index contributed by atoms with van der Waals surface area (Å²) in [5.74, 6) is -0.698. The Hall–Kier alpha value is -1.57. The Morgan fingerprint density at radius 2 is 1.32 bits per heavy atom. The van der Waals surface area contributed by atoms with E-state index >= 15 is 0 Å². The molecule has 0 aliphatic carbocycles. The van der Waals surface area contributed by atoms with E-state index in [2.05, 4.69) is 55.5 Å². The van der Waals surface area contributed by atoms with Gasteiger partial charge in [-0.05, 0) is 57.8 Å². The third-order valence-corrected chi connectivity index (χ3v) is 3.23. The largest absolute Gasteiger partial charge is 0.481 e. The standard InChI is InChI=1S/C20H32O2/c1-2-3-4-5-6-7-8-9-10-11-12-13-14-15-16-17-18-19-20(21)22/h3-4,6-7,12-15H,2,5,8-11,16-19H2,1H3,(H,21,22)/b4-3+,7-6+,13-12+,15-14+. The molecule has 0 aromatic carbocycles. The maximum absolute atomic E-state index is 10.3. The van der Waals surface area contributed by atoms with Crippen LogP contribution in [0.1, 0.15) is 71.1 Å². The third-order valence-electron chi connectivity index (χ3n) is 3.23. The number of carboxylic acid groups (broad SMARTS) is 1. The van der Waals surface area contributed by atoms with Crippen molar-refractivity contribution in [2.75, 3.05) is 0 Å². The van der Waals surface area contributed by atoms with Gasteiger partial charge in [-0.1, -0.05) is 55.5 Å². The van der Waals surface area contributed by atoms with Crippen LogP contribution in [0, 0.1) is 0 Å². The first-order chi connectivity index (χ1) is 10.8. The normalized spacial score (nSPS) is 12.4. The summed E-state index contributed by atoms with van der Waals surface area (Å²) >= 11 is 0. The highest BCUT2D eigenvalue weighted by Gasteiger charge is 1.93. The number of hydrogen-bond donors (Lipinski definition) is 1. The Bertz CT molecular complexity index is 362. The molecule has 0 rings (SSSR count). The van der Waals surface area contributed by atoms with Gasteiger partial charge in [0.25, 0.3) is 0 Å². The summed E-state index contributed by atoms with van der Waals surface area (Å²) in [5, 5.41) is 8.50. The van der Waals surface area contributed by atoms with Crippen LogP contribution < -0.4 is 0 Å². The lowest BCUT2D eigenvalue weighted by molar-refractivity contribution is -0.137. The van der Waals surface area contributed by atoms with Crippen LogP contribution in [-0.4, -0.2) is 11.1 Å². The topological polar surface area (TPSA) is 37.3 Å². The van der Waals surface area contributed by atoms with E-state index in [0.29, 0.717) is 0 Å². The van der Waals surface area contributed by atoms with Gasteiger partial charge < -0.3 is 5.11 Å². The molecule has 0 fully saturated rings. The third kappa shape index (κ3) is 18.4. The van der Waals surface area contributed by atoms with Crippen LogP contribution in [-0.2, 0) is 4.79 Å². The Morgan fingerprint density at radius 3 is 1.91 bits per heavy atom. The second kappa shape index (κ2) is 17.5. The number of aliphatic carboxylic acids is 1. The number of hydrogen-bond acceptors (Lipinski definition) is 1. The van der Waals surface area contributed by atoms with E-state index in [1.54, 1.807) is 0 Å². The van der Waals surface area contributed by atoms with E-state index in [4.69, 9.17) is 5.11 Å². The van der Waals surface area contributed by atoms with Gasteiger partial charge in [-0.15, -0.1) is 0 Å². The average molecular weight is 304 g/mol. The first kappa shape index (κ1) is 20.4. The van der Waals surface area contributed by atoms with E-state index in [-0.39, 0.29) is 6.42 Å². The lowest BCUT2D eigenvalue weighted by atomic mass is 10.1. The minimum absolute atomic E-state index is 0.285. The van der Waals surface area contributed by atoms with Crippen molar-refractivity contribution in [1.29, 1.82) is 0 Å². The van der Waals surface area contributed by atoms with Crippen LogP contribution in [0.4, 0.5) is 0 Å². The molecule has 0 saturated heterocycles. The number of unbranched alkanes of at least 4 members (excludes halogenated alkanes) is 5. The van der Waals surface area contributed by atoms with Crippen LogP contribution in [0.3, 0.4) is 0 Å². The molecule has 0 aromatic heterocycles. The highest BCUT2D eigenvalue weighted by atomic mass is 16.4. The van der Waals surface area contributed by atoms with Crippen LogP contribution >= 0.6 is 0 Å². The highest BCUT2D eigenvalue weighted by molar-refractivity contribution is 5.66. The summed E-state index contributed by atoms with van der Waals surface area (Å²) in [7, 11) is 0. The van der Waals surface area contributed by atoms with Crippen LogP contribution in [0.25, 0.3) is 0 Å². The molecule has 2 nitrogen and oxygen atoms in total. The Kier molecular flexibility index (Phi) is 16.2. The van der Waals surface area contributed by atoms with E-state index in [0.717, 1.165) is 38.5 Å². The Balaban J connectivity index is 3.33. The summed E-state index contributed by atoms with van der Waals surface area (Å²) in [6, 6.07) is 0. The SMILES string of the molecule is CC/C=C/C/C=C/CCCC/C=C/C=C/CCCCC(=O)O. The summed E-state index contributed by atoms with van der Waals surface area (Å²) in [4.78, 5) is 10.3. The van der Waals surface area contributed by atoms with Crippen molar-refractivity contribution in [3.05, 3.63) is 48.6 Å². The number of carboxylic acids is 1. The van der Waals surface area contributed by atoms with E-state index in [1.807, 2.05) is 0 Å². The molecule has 0 radical (unpaired) electrons. The molecule has 1 N–H and O–H groups in total. The van der Waals surface area contributed by atoms with Gasteiger partial charge in [0.05, 0.1) is 0 Å². The molecular formula is C20H32O2. The summed E-state index contributed by atoms with van der Waals surface area (Å²) in [6.07, 6.45) is 27.4. The average Bonchev–Trinajstić information content (AvgIpc) is 2.50. The first-order valence-electron chi connectivity index (χ1n) is 8.60. The van der Waals surface area contributed by atoms with Gasteiger partial charge in [0, 0.05) is 6.42 Å². The zero-order valence-electron chi connectivity index (χ0n) is 14.0. The van der Waals surface area contributed by atoms with E-state index in [9.17, 15) is 4.79 Å². The molecular weight excluding hydrogens is 272 g/mol. The summed E-state index contributed by atoms with van der Waals surface area (Å²) in [5.41, 5.74) is 0. The predicted molar refractivity (Wildman–Crippen MR) is 96.0 cm³/mol. The van der Waals surface area contributed by atoms with Crippen molar-refractivity contribution in [3.63, 3.8) is 0 Å². The zero-order chi connectivity index (χ0) is 16.3. The second-order valence-corrected chi connectivity index (χ2v) is 5.37. The van der Waals surface area contributed by atoms with Crippen molar-refractivity contribution in [3.8, 4) is 0 Å². The van der Waals surface area contributed by atoms with Crippen LogP contribution in [0.2, 0.25) is 0 Å². The van der Waals surface area contributed by atoms with Crippen molar-refractivity contribution in [2.45, 2.75) is 71.1 Å². The molecule has 0 saturated carbocycles. The fourth-order valence-corrected chi connectivity index (χ4v) is 1.97. The number of rotatable bonds is 14. The van der Waals surface area contributed by atoms with Gasteiger partial charge in [0.15, 0.2) is 0 Å². The van der Waals surface area contributed by atoms with Gasteiger partial charge >= 0.3 is 5.97 Å². The van der Waals surface area contributed by atoms with Gasteiger partial charge in [-0.2, -0.15) is 0 Å². The minimum Gasteiger partial charge on any atom is -0.481 e. The monoisotopic (exact) mass is 304 g/mol. The summed E-state index contributed by atoms with van der Waals surface area (Å²) in [6.45, 7) is 2.16. The highest BCUT2D eigenvalue weighted by Crippen LogP contribution is 2.03. The Morgan fingerprint density at radius 1 is 0.773 bits per heavy atom. The van der Waals surface area contributed by atoms with Gasteiger partial charge in [0.1, 0.15) is 0 Å². The quantitative estimate of drug-likeness (QED) is 0.235. The smallest absolute Gasteiger partial charge is 0.303 e. The second-order valence-electron chi connectivity index (χ2n) is 5.37. The number of carbonyl (C=O) groups is 1. The van der Waals surface area contributed by atoms with Crippen molar-refractivity contribution in [2.24, 2.45) is 0 Å². The molecule has 124 valence electrons. The van der Waals surface area contributed by atoms with E-state index < -0.39 is 5.97 Å². The van der Waals surface area contributed by atoms with Crippen LogP contribution in [0.5, 0.6) is 0 Å². The minimum atomic E-state index is -0.698. The van der Waals surface area contributed by atoms with Gasteiger partial charge in [0.2, 0.25) is 0 Å². The number of allylic oxidation sites excluding steroid dienone is 8. The Labute approximate surface area is 136 Å². The first-order valence-corrected chi connectivity index (χ1v) is 8.60. The summed E-state index contributed by atoms with van der Waals surface area (Å²) < 4.78 is 0. The predicted octanol–water partition coefficient (Wildman–Crippen LogP) is 6.22. The maximum Gasteiger partial charge on any atom is 0.303 e. The molecule has 2 heteroatoms. The lowest BCUT2D eigenvalue weighted by Gasteiger charge is -1.93. The molecule has 0 atom stereocenters. The van der Waals surface area contributed by atoms with E-state index in [1.165, 1.54) is 19.3 Å². The van der Waals surface area contributed by atoms with Gasteiger partial charge in [-0.25, -0.2) is 0 Å². The molecule has 0 bridgehead atoms.